The number of fused-ring (bicyclic) bond motifs is 2. The number of aryl methyl sites for hydroxylation is 2. The van der Waals surface area contributed by atoms with Gasteiger partial charge in [-0.15, -0.1) is 0 Å². The molecule has 0 aliphatic heterocycles. The standard InChI is InChI=1S/C24H27N2/c1-16-11-12-19-22(21(16)20-13-14-25-15-26(20)6)24(4,5)18-10-8-7-9-17(18)23(19,2)3/h7-15H,1-6H3/q+1. The molecule has 0 atom stereocenters. The van der Waals surface area contributed by atoms with Crippen LogP contribution in [0.15, 0.2) is 55.0 Å². The monoisotopic (exact) mass is 343 g/mol. The van der Waals surface area contributed by atoms with Crippen LogP contribution in [0.25, 0.3) is 11.3 Å². The van der Waals surface area contributed by atoms with Gasteiger partial charge >= 0.3 is 0 Å². The highest BCUT2D eigenvalue weighted by Gasteiger charge is 2.43. The van der Waals surface area contributed by atoms with Crippen molar-refractivity contribution in [3.05, 3.63) is 82.8 Å². The first kappa shape index (κ1) is 17.0. The maximum atomic E-state index is 4.28. The molecule has 1 aromatic heterocycles. The van der Waals surface area contributed by atoms with Gasteiger partial charge in [0.15, 0.2) is 0 Å². The first-order valence-corrected chi connectivity index (χ1v) is 9.31. The van der Waals surface area contributed by atoms with E-state index in [1.807, 2.05) is 12.5 Å². The lowest BCUT2D eigenvalue weighted by Crippen LogP contribution is -2.39. The van der Waals surface area contributed by atoms with Crippen molar-refractivity contribution in [3.63, 3.8) is 0 Å². The van der Waals surface area contributed by atoms with E-state index in [1.165, 1.54) is 39.1 Å². The summed E-state index contributed by atoms with van der Waals surface area (Å²) in [5.74, 6) is 0. The topological polar surface area (TPSA) is 16.8 Å². The lowest BCUT2D eigenvalue weighted by molar-refractivity contribution is -0.663. The molecule has 0 bridgehead atoms. The highest BCUT2D eigenvalue weighted by atomic mass is 15.0. The molecule has 0 N–H and O–H groups in total. The predicted octanol–water partition coefficient (Wildman–Crippen LogP) is 4.85. The maximum Gasteiger partial charge on any atom is 0.286 e. The van der Waals surface area contributed by atoms with Crippen LogP contribution in [-0.2, 0) is 17.9 Å². The second kappa shape index (κ2) is 5.51. The van der Waals surface area contributed by atoms with Crippen molar-refractivity contribution in [2.45, 2.75) is 45.4 Å². The average molecular weight is 343 g/mol. The molecule has 3 aromatic rings. The van der Waals surface area contributed by atoms with E-state index in [2.05, 4.69) is 93.7 Å². The molecule has 0 spiro atoms. The van der Waals surface area contributed by atoms with Crippen molar-refractivity contribution < 1.29 is 4.57 Å². The minimum atomic E-state index is -0.0565. The van der Waals surface area contributed by atoms with Crippen LogP contribution in [0.1, 0.15) is 55.5 Å². The molecule has 1 heterocycles. The van der Waals surface area contributed by atoms with Gasteiger partial charge in [0.1, 0.15) is 11.9 Å². The van der Waals surface area contributed by atoms with E-state index in [0.29, 0.717) is 0 Å². The summed E-state index contributed by atoms with van der Waals surface area (Å²) in [4.78, 5) is 4.28. The third kappa shape index (κ3) is 2.18. The predicted molar refractivity (Wildman–Crippen MR) is 106 cm³/mol. The molecule has 2 heteroatoms. The summed E-state index contributed by atoms with van der Waals surface area (Å²) in [5.41, 5.74) is 9.55. The van der Waals surface area contributed by atoms with Gasteiger partial charge in [0.25, 0.3) is 6.33 Å². The number of benzene rings is 2. The van der Waals surface area contributed by atoms with E-state index in [4.69, 9.17) is 0 Å². The molecule has 0 unspecified atom stereocenters. The minimum absolute atomic E-state index is 0.0184. The Morgan fingerprint density at radius 2 is 1.46 bits per heavy atom. The molecular formula is C24H27N2+. The average Bonchev–Trinajstić information content (AvgIpc) is 2.61. The van der Waals surface area contributed by atoms with Gasteiger partial charge in [-0.25, -0.2) is 4.57 Å². The van der Waals surface area contributed by atoms with Crippen molar-refractivity contribution in [2.75, 3.05) is 0 Å². The maximum absolute atomic E-state index is 4.28. The smallest absolute Gasteiger partial charge is 0.233 e. The molecule has 26 heavy (non-hydrogen) atoms. The largest absolute Gasteiger partial charge is 0.286 e. The quantitative estimate of drug-likeness (QED) is 0.577. The van der Waals surface area contributed by atoms with Gasteiger partial charge in [-0.1, -0.05) is 69.1 Å². The van der Waals surface area contributed by atoms with Crippen LogP contribution in [0.2, 0.25) is 0 Å². The Kier molecular flexibility index (Phi) is 3.59. The SMILES string of the molecule is Cc1ccc2c(c1-c1ccnc[n+]1C)C(C)(C)c1ccccc1C2(C)C. The van der Waals surface area contributed by atoms with Crippen LogP contribution in [0.3, 0.4) is 0 Å². The normalized spacial score (nSPS) is 16.7. The Hall–Kier alpha value is -2.48. The number of rotatable bonds is 1. The lowest BCUT2D eigenvalue weighted by Gasteiger charge is -2.45. The molecule has 0 radical (unpaired) electrons. The third-order valence-electron chi connectivity index (χ3n) is 6.18. The van der Waals surface area contributed by atoms with Crippen LogP contribution < -0.4 is 4.57 Å². The van der Waals surface area contributed by atoms with E-state index in [9.17, 15) is 0 Å². The fraction of sp³-hybridized carbons (Fsp3) is 0.333. The van der Waals surface area contributed by atoms with E-state index in [0.717, 1.165) is 0 Å². The zero-order chi connectivity index (χ0) is 18.7. The molecule has 1 aliphatic carbocycles. The molecule has 0 saturated heterocycles. The van der Waals surface area contributed by atoms with Crippen LogP contribution >= 0.6 is 0 Å². The Labute approximate surface area is 156 Å². The molecule has 2 aromatic carbocycles. The Bertz CT molecular complexity index is 1010. The summed E-state index contributed by atoms with van der Waals surface area (Å²) in [5, 5.41) is 0. The van der Waals surface area contributed by atoms with E-state index in [1.54, 1.807) is 0 Å². The Balaban J connectivity index is 2.15. The Morgan fingerprint density at radius 3 is 2.12 bits per heavy atom. The zero-order valence-corrected chi connectivity index (χ0v) is 16.6. The lowest BCUT2D eigenvalue weighted by atomic mass is 9.58. The third-order valence-corrected chi connectivity index (χ3v) is 6.18. The fourth-order valence-electron chi connectivity index (χ4n) is 4.75. The summed E-state index contributed by atoms with van der Waals surface area (Å²) in [6, 6.07) is 15.7. The van der Waals surface area contributed by atoms with E-state index < -0.39 is 0 Å². The van der Waals surface area contributed by atoms with Crippen molar-refractivity contribution in [1.82, 2.24) is 4.98 Å². The number of hydrogen-bond acceptors (Lipinski definition) is 1. The Morgan fingerprint density at radius 1 is 0.808 bits per heavy atom. The molecule has 132 valence electrons. The minimum Gasteiger partial charge on any atom is -0.233 e. The van der Waals surface area contributed by atoms with Gasteiger partial charge in [0, 0.05) is 22.5 Å². The van der Waals surface area contributed by atoms with Gasteiger partial charge in [-0.3, -0.25) is 0 Å². The molecular weight excluding hydrogens is 316 g/mol. The van der Waals surface area contributed by atoms with Gasteiger partial charge in [-0.2, -0.15) is 0 Å². The summed E-state index contributed by atoms with van der Waals surface area (Å²) in [6.45, 7) is 11.7. The molecule has 1 aliphatic rings. The zero-order valence-electron chi connectivity index (χ0n) is 16.6. The van der Waals surface area contributed by atoms with Crippen LogP contribution in [0.5, 0.6) is 0 Å². The van der Waals surface area contributed by atoms with Gasteiger partial charge in [0.2, 0.25) is 0 Å². The molecule has 0 fully saturated rings. The molecule has 4 rings (SSSR count). The number of aromatic nitrogens is 2. The molecule has 0 amide bonds. The van der Waals surface area contributed by atoms with Crippen molar-refractivity contribution in [1.29, 1.82) is 0 Å². The van der Waals surface area contributed by atoms with E-state index >= 15 is 0 Å². The molecule has 0 saturated carbocycles. The summed E-state index contributed by atoms with van der Waals surface area (Å²) in [7, 11) is 2.08. The second-order valence-corrected chi connectivity index (χ2v) is 8.55. The summed E-state index contributed by atoms with van der Waals surface area (Å²) in [6.07, 6.45) is 3.78. The highest BCUT2D eigenvalue weighted by molar-refractivity contribution is 5.74. The number of hydrogen-bond donors (Lipinski definition) is 0. The van der Waals surface area contributed by atoms with Crippen LogP contribution in [-0.4, -0.2) is 4.98 Å². The van der Waals surface area contributed by atoms with Gasteiger partial charge in [0.05, 0.1) is 7.05 Å². The molecule has 2 nitrogen and oxygen atoms in total. The van der Waals surface area contributed by atoms with Gasteiger partial charge in [-0.05, 0) is 34.7 Å². The highest BCUT2D eigenvalue weighted by Crippen LogP contribution is 2.52. The first-order chi connectivity index (χ1) is 12.3. The fourth-order valence-corrected chi connectivity index (χ4v) is 4.75. The second-order valence-electron chi connectivity index (χ2n) is 8.55. The summed E-state index contributed by atoms with van der Waals surface area (Å²) >= 11 is 0. The van der Waals surface area contributed by atoms with E-state index in [-0.39, 0.29) is 10.8 Å². The van der Waals surface area contributed by atoms with Crippen molar-refractivity contribution in [2.24, 2.45) is 7.05 Å². The van der Waals surface area contributed by atoms with Crippen LogP contribution in [0, 0.1) is 6.92 Å². The van der Waals surface area contributed by atoms with Crippen LogP contribution in [0.4, 0.5) is 0 Å². The number of nitrogens with zero attached hydrogens (tertiary/aromatic N) is 2. The van der Waals surface area contributed by atoms with Gasteiger partial charge < -0.3 is 0 Å². The first-order valence-electron chi connectivity index (χ1n) is 9.31. The summed E-state index contributed by atoms with van der Waals surface area (Å²) < 4.78 is 2.13. The van der Waals surface area contributed by atoms with Crippen molar-refractivity contribution >= 4 is 0 Å². The van der Waals surface area contributed by atoms with Crippen molar-refractivity contribution in [3.8, 4) is 11.3 Å².